The Morgan fingerprint density at radius 1 is 0.687 bits per heavy atom. The molecule has 0 amide bonds. The number of thioether (sulfide) groups is 3. The number of rotatable bonds is 1. The van der Waals surface area contributed by atoms with Crippen molar-refractivity contribution in [3.8, 4) is 0 Å². The summed E-state index contributed by atoms with van der Waals surface area (Å²) in [5.41, 5.74) is 15.4. The van der Waals surface area contributed by atoms with Gasteiger partial charge in [0.1, 0.15) is 5.78 Å². The number of nitrogens with zero attached hydrogens (tertiary/aromatic N) is 2. The van der Waals surface area contributed by atoms with Crippen LogP contribution in [0.15, 0.2) is 96.8 Å². The summed E-state index contributed by atoms with van der Waals surface area (Å²) in [5.74, 6) is 13.0. The molecule has 4 aromatic carbocycles. The fraction of sp³-hybridized carbons (Fsp3) is 0.367. The highest BCUT2D eigenvalue weighted by molar-refractivity contribution is 9.11. The number of H-pyrrole nitrogens is 1. The van der Waals surface area contributed by atoms with Crippen LogP contribution in [0.5, 0.6) is 0 Å². The van der Waals surface area contributed by atoms with E-state index in [1.165, 1.54) is 73.3 Å². The number of halogens is 5. The molecule has 4 aliphatic rings. The number of nitrogen functional groups attached to an aromatic ring is 1. The van der Waals surface area contributed by atoms with E-state index in [1.807, 2.05) is 84.8 Å². The van der Waals surface area contributed by atoms with Gasteiger partial charge in [-0.05, 0) is 103 Å². The van der Waals surface area contributed by atoms with Gasteiger partial charge in [-0.15, -0.1) is 12.4 Å². The van der Waals surface area contributed by atoms with Gasteiger partial charge in [0.15, 0.2) is 9.84 Å². The van der Waals surface area contributed by atoms with Gasteiger partial charge in [-0.1, -0.05) is 95.4 Å². The molecule has 3 aromatic heterocycles. The van der Waals surface area contributed by atoms with Crippen LogP contribution < -0.4 is 11.3 Å². The monoisotopic (exact) mass is 1260 g/mol. The number of anilines is 1. The molecule has 0 aliphatic carbocycles. The van der Waals surface area contributed by atoms with Crippen molar-refractivity contribution in [1.82, 2.24) is 14.1 Å². The number of aliphatic hydroxyl groups excluding tert-OH is 1. The maximum absolute atomic E-state index is 11.7. The van der Waals surface area contributed by atoms with Crippen molar-refractivity contribution in [3.63, 3.8) is 0 Å². The number of hydrazine groups is 1. The molecule has 4 aliphatic heterocycles. The SMILES string of the molecule is Brc1ccc2c3c([nH]c2c1)CCSC3.C.CCO.Cl.Cn1c2c(c3ccc(Br)cc31)CS(=O)(=O)CC2.Cn1c2c(c3ccc(Br)cc31)CSCC2.NNc1cccc(Br)c1.O=C1CCSCC1. The van der Waals surface area contributed by atoms with E-state index in [9.17, 15) is 13.2 Å². The quantitative estimate of drug-likeness (QED) is 0.0936. The van der Waals surface area contributed by atoms with Crippen LogP contribution >= 0.6 is 111 Å². The summed E-state index contributed by atoms with van der Waals surface area (Å²) in [6.45, 7) is 1.93. The minimum Gasteiger partial charge on any atom is -0.397 e. The number of carbonyl (C=O) groups excluding carboxylic acids is 1. The molecule has 9 nitrogen and oxygen atoms in total. The summed E-state index contributed by atoms with van der Waals surface area (Å²) < 4.78 is 32.3. The molecule has 0 radical (unpaired) electrons. The molecule has 364 valence electrons. The topological polar surface area (TPSA) is 135 Å². The fourth-order valence-electron chi connectivity index (χ4n) is 8.12. The number of Topliss-reactive ketones (excluding diaryl/α,β-unsaturated/α-hetero) is 1. The number of fused-ring (bicyclic) bond motifs is 9. The van der Waals surface area contributed by atoms with Gasteiger partial charge >= 0.3 is 0 Å². The van der Waals surface area contributed by atoms with Gasteiger partial charge in [-0.2, -0.15) is 35.3 Å². The van der Waals surface area contributed by atoms with Crippen LogP contribution in [0.3, 0.4) is 0 Å². The molecule has 0 spiro atoms. The molecule has 11 rings (SSSR count). The molecule has 7 aromatic rings. The third-order valence-corrected chi connectivity index (χ3v) is 17.8. The molecule has 5 N–H and O–H groups in total. The Bertz CT molecular complexity index is 2860. The van der Waals surface area contributed by atoms with Crippen molar-refractivity contribution >= 4 is 165 Å². The average Bonchev–Trinajstić information content (AvgIpc) is 3.90. The molecule has 1 fully saturated rings. The van der Waals surface area contributed by atoms with Gasteiger partial charge in [0.2, 0.25) is 0 Å². The summed E-state index contributed by atoms with van der Waals surface area (Å²) in [4.78, 5) is 14.0. The van der Waals surface area contributed by atoms with E-state index < -0.39 is 9.84 Å². The van der Waals surface area contributed by atoms with E-state index >= 15 is 0 Å². The number of sulfone groups is 1. The van der Waals surface area contributed by atoms with Crippen molar-refractivity contribution in [3.05, 3.63) is 131 Å². The third-order valence-electron chi connectivity index (χ3n) is 11.3. The molecular formula is C49H60Br4ClN5O4S4. The minimum absolute atomic E-state index is 0. The molecule has 67 heavy (non-hydrogen) atoms. The first-order valence-corrected chi connectivity index (χ1v) is 29.8. The normalized spacial score (nSPS) is 15.3. The molecule has 0 bridgehead atoms. The second-order valence-corrected chi connectivity index (χ2v) is 24.9. The van der Waals surface area contributed by atoms with Crippen LogP contribution in [0.2, 0.25) is 0 Å². The highest BCUT2D eigenvalue weighted by atomic mass is 79.9. The smallest absolute Gasteiger partial charge is 0.154 e. The number of hydrogen-bond acceptors (Lipinski definition) is 9. The van der Waals surface area contributed by atoms with Crippen LogP contribution in [-0.2, 0) is 65.2 Å². The first-order valence-electron chi connectivity index (χ1n) is 21.3. The second kappa shape index (κ2) is 27.6. The maximum atomic E-state index is 11.7. The number of nitrogens with one attached hydrogen (secondary N) is 2. The Balaban J connectivity index is 0.000000184. The number of nitrogens with two attached hydrogens (primary N) is 1. The Kier molecular flexibility index (Phi) is 23.8. The largest absolute Gasteiger partial charge is 0.397 e. The lowest BCUT2D eigenvalue weighted by Gasteiger charge is -2.14. The Hall–Kier alpha value is -1.90. The van der Waals surface area contributed by atoms with E-state index in [-0.39, 0.29) is 37.9 Å². The number of aryl methyl sites for hydroxylation is 3. The molecule has 7 heterocycles. The second-order valence-electron chi connectivity index (χ2n) is 15.6. The summed E-state index contributed by atoms with van der Waals surface area (Å²) in [6.07, 6.45) is 4.64. The Labute approximate surface area is 448 Å². The molecule has 0 unspecified atom stereocenters. The average molecular weight is 1270 g/mol. The highest BCUT2D eigenvalue weighted by Gasteiger charge is 2.26. The van der Waals surface area contributed by atoms with Crippen LogP contribution in [0.1, 0.15) is 61.0 Å². The minimum atomic E-state index is -2.91. The van der Waals surface area contributed by atoms with Crippen LogP contribution in [0.4, 0.5) is 5.69 Å². The summed E-state index contributed by atoms with van der Waals surface area (Å²) in [7, 11) is 1.28. The van der Waals surface area contributed by atoms with E-state index in [0.29, 0.717) is 12.2 Å². The van der Waals surface area contributed by atoms with Gasteiger partial charge in [-0.25, -0.2) is 8.42 Å². The lowest BCUT2D eigenvalue weighted by Crippen LogP contribution is -2.19. The standard InChI is InChI=1S/C12H12BrNO2S.C12H12BrNS.C11H10BrNS.C6H7BrN2.C5H8OS.C2H6O.CH4.ClH/c1-14-11-4-5-17(15,16)7-10(11)9-3-2-8(13)6-12(9)14;1-14-11-4-5-15-7-10(11)9-3-2-8(13)6-12(9)14;12-7-1-2-8-9-6-14-4-3-10(9)13-11(8)5-7;7-5-2-1-3-6(4-5)9-8;6-5-1-3-7-4-2-5;1-2-3;;/h2-3,6H,4-5,7H2,1H3;2-3,6H,4-5,7H2,1H3;1-2,5,13H,3-4,6H2;1-4,9H,8H2;1-4H2;3H,2H2,1H3;1H4;1H. The van der Waals surface area contributed by atoms with E-state index in [1.54, 1.807) is 12.5 Å². The molecule has 0 saturated carbocycles. The Morgan fingerprint density at radius 2 is 1.19 bits per heavy atom. The number of aliphatic hydroxyl groups is 1. The van der Waals surface area contributed by atoms with Crippen molar-refractivity contribution in [2.75, 3.05) is 40.8 Å². The number of ketones is 1. The fourth-order valence-corrected chi connectivity index (χ4v) is 14.0. The number of benzene rings is 4. The lowest BCUT2D eigenvalue weighted by atomic mass is 10.1. The van der Waals surface area contributed by atoms with Crippen LogP contribution in [-0.4, -0.2) is 68.8 Å². The van der Waals surface area contributed by atoms with Gasteiger partial charge in [0.05, 0.1) is 11.5 Å². The van der Waals surface area contributed by atoms with Crippen molar-refractivity contribution < 1.29 is 18.3 Å². The zero-order chi connectivity index (χ0) is 46.7. The van der Waals surface area contributed by atoms with Gasteiger partial charge < -0.3 is 24.7 Å². The summed E-state index contributed by atoms with van der Waals surface area (Å²) in [5, 5.41) is 11.5. The van der Waals surface area contributed by atoms with Crippen molar-refractivity contribution in [2.24, 2.45) is 19.9 Å². The van der Waals surface area contributed by atoms with Gasteiger partial charge in [-0.3, -0.25) is 10.6 Å². The predicted molar refractivity (Wildman–Crippen MR) is 308 cm³/mol. The molecular weight excluding hydrogens is 1210 g/mol. The zero-order valence-corrected chi connectivity index (χ0v) is 47.5. The summed E-state index contributed by atoms with van der Waals surface area (Å²) >= 11 is 19.8. The number of aromatic amines is 1. The zero-order valence-electron chi connectivity index (χ0n) is 37.1. The van der Waals surface area contributed by atoms with E-state index in [4.69, 9.17) is 10.9 Å². The van der Waals surface area contributed by atoms with Gasteiger partial charge in [0.25, 0.3) is 0 Å². The number of aromatic nitrogens is 3. The van der Waals surface area contributed by atoms with E-state index in [0.717, 1.165) is 71.4 Å². The number of hydrogen-bond donors (Lipinski definition) is 4. The maximum Gasteiger partial charge on any atom is 0.154 e. The molecule has 18 heteroatoms. The van der Waals surface area contributed by atoms with Crippen LogP contribution in [0, 0.1) is 0 Å². The third kappa shape index (κ3) is 15.5. The lowest BCUT2D eigenvalue weighted by molar-refractivity contribution is -0.118. The molecule has 0 atom stereocenters. The van der Waals surface area contributed by atoms with Crippen LogP contribution in [0.25, 0.3) is 32.7 Å². The first-order chi connectivity index (χ1) is 31.2. The summed E-state index contributed by atoms with van der Waals surface area (Å²) in [6, 6.07) is 26.8. The first kappa shape index (κ1) is 57.7. The van der Waals surface area contributed by atoms with E-state index in [2.05, 4.69) is 127 Å². The highest BCUT2D eigenvalue weighted by Crippen LogP contribution is 2.36. The predicted octanol–water partition coefficient (Wildman–Crippen LogP) is 13.7. The van der Waals surface area contributed by atoms with Crippen molar-refractivity contribution in [1.29, 1.82) is 0 Å². The Morgan fingerprint density at radius 3 is 1.75 bits per heavy atom. The molecule has 1 saturated heterocycles. The van der Waals surface area contributed by atoms with Crippen molar-refractivity contribution in [2.45, 2.75) is 63.7 Å². The number of carbonyl (C=O) groups is 1. The van der Waals surface area contributed by atoms with Gasteiger partial charge in [0, 0.05) is 136 Å².